The predicted molar refractivity (Wildman–Crippen MR) is 91.5 cm³/mol. The number of hydrogen-bond donors (Lipinski definition) is 2. The van der Waals surface area contributed by atoms with E-state index in [1.807, 2.05) is 0 Å². The lowest BCUT2D eigenvalue weighted by Crippen LogP contribution is -2.49. The summed E-state index contributed by atoms with van der Waals surface area (Å²) in [4.78, 5) is 12.4. The van der Waals surface area contributed by atoms with Crippen molar-refractivity contribution >= 4 is 27.3 Å². The molecule has 0 radical (unpaired) electrons. The van der Waals surface area contributed by atoms with Crippen LogP contribution in [0.5, 0.6) is 0 Å². The van der Waals surface area contributed by atoms with E-state index in [9.17, 15) is 17.6 Å². The average Bonchev–Trinajstić information content (AvgIpc) is 3.05. The zero-order valence-corrected chi connectivity index (χ0v) is 15.0. The van der Waals surface area contributed by atoms with Crippen LogP contribution in [0.3, 0.4) is 0 Å². The molecule has 1 aromatic heterocycles. The second-order valence-corrected chi connectivity index (χ2v) is 8.51. The van der Waals surface area contributed by atoms with Crippen molar-refractivity contribution in [3.05, 3.63) is 53.2 Å². The first-order valence-corrected chi connectivity index (χ1v) is 9.74. The second kappa shape index (κ2) is 7.87. The van der Waals surface area contributed by atoms with Gasteiger partial charge >= 0.3 is 0 Å². The number of carbonyl (C=O) groups excluding carboxylic acids is 1. The van der Waals surface area contributed by atoms with E-state index in [0.29, 0.717) is 5.56 Å². The summed E-state index contributed by atoms with van der Waals surface area (Å²) in [5, 5.41) is 4.30. The Morgan fingerprint density at radius 3 is 2.58 bits per heavy atom. The van der Waals surface area contributed by atoms with Crippen molar-refractivity contribution in [3.8, 4) is 0 Å². The van der Waals surface area contributed by atoms with E-state index in [0.717, 1.165) is 11.3 Å². The van der Waals surface area contributed by atoms with Crippen molar-refractivity contribution in [2.24, 2.45) is 5.92 Å². The lowest BCUT2D eigenvalue weighted by molar-refractivity contribution is -0.123. The first-order valence-electron chi connectivity index (χ1n) is 7.37. The molecule has 0 spiro atoms. The fourth-order valence-electron chi connectivity index (χ4n) is 2.08. The highest BCUT2D eigenvalue weighted by Gasteiger charge is 2.28. The van der Waals surface area contributed by atoms with E-state index in [1.165, 1.54) is 18.2 Å². The average molecular weight is 370 g/mol. The van der Waals surface area contributed by atoms with Gasteiger partial charge in [0.25, 0.3) is 10.0 Å². The smallest absolute Gasteiger partial charge is 0.250 e. The molecule has 0 aliphatic carbocycles. The summed E-state index contributed by atoms with van der Waals surface area (Å²) in [6.07, 6.45) is 0. The summed E-state index contributed by atoms with van der Waals surface area (Å²) in [5.74, 6) is -1.08. The standard InChI is InChI=1S/C16H19FN2O3S2/c1-11(2)15(19-24(21,22)14-7-4-8-23-14)16(20)18-10-12-5-3-6-13(17)9-12/h3-9,11,15,19H,10H2,1-2H3,(H,18,20)/t15-/m0/s1. The van der Waals surface area contributed by atoms with Gasteiger partial charge in [-0.3, -0.25) is 4.79 Å². The van der Waals surface area contributed by atoms with Crippen LogP contribution in [0.15, 0.2) is 46.0 Å². The van der Waals surface area contributed by atoms with Crippen molar-refractivity contribution in [1.82, 2.24) is 10.0 Å². The quantitative estimate of drug-likeness (QED) is 0.786. The Labute approximate surface area is 145 Å². The number of hydrogen-bond acceptors (Lipinski definition) is 4. The van der Waals surface area contributed by atoms with Gasteiger partial charge in [-0.1, -0.05) is 32.0 Å². The zero-order valence-electron chi connectivity index (χ0n) is 13.3. The van der Waals surface area contributed by atoms with Gasteiger partial charge in [0.15, 0.2) is 0 Å². The third-order valence-electron chi connectivity index (χ3n) is 3.35. The van der Waals surface area contributed by atoms with Crippen molar-refractivity contribution in [2.75, 3.05) is 0 Å². The molecule has 5 nitrogen and oxygen atoms in total. The molecule has 8 heteroatoms. The Kier molecular flexibility index (Phi) is 6.09. The van der Waals surface area contributed by atoms with E-state index in [-0.39, 0.29) is 22.5 Å². The number of nitrogens with one attached hydrogen (secondary N) is 2. The van der Waals surface area contributed by atoms with Crippen molar-refractivity contribution in [2.45, 2.75) is 30.6 Å². The van der Waals surface area contributed by atoms with Crippen LogP contribution in [0.1, 0.15) is 19.4 Å². The van der Waals surface area contributed by atoms with E-state index in [4.69, 9.17) is 0 Å². The third kappa shape index (κ3) is 4.86. The van der Waals surface area contributed by atoms with Crippen molar-refractivity contribution in [3.63, 3.8) is 0 Å². The number of benzene rings is 1. The van der Waals surface area contributed by atoms with E-state index >= 15 is 0 Å². The van der Waals surface area contributed by atoms with Crippen LogP contribution in [-0.2, 0) is 21.4 Å². The summed E-state index contributed by atoms with van der Waals surface area (Å²) in [5.41, 5.74) is 0.604. The number of sulfonamides is 1. The van der Waals surface area contributed by atoms with Crippen LogP contribution in [0, 0.1) is 11.7 Å². The van der Waals surface area contributed by atoms with E-state index < -0.39 is 22.0 Å². The lowest BCUT2D eigenvalue weighted by atomic mass is 10.0. The molecule has 0 fully saturated rings. The minimum atomic E-state index is -3.75. The van der Waals surface area contributed by atoms with Crippen LogP contribution >= 0.6 is 11.3 Å². The van der Waals surface area contributed by atoms with Crippen LogP contribution in [0.4, 0.5) is 4.39 Å². The maximum Gasteiger partial charge on any atom is 0.250 e. The number of carbonyl (C=O) groups is 1. The van der Waals surface area contributed by atoms with Gasteiger partial charge in [-0.05, 0) is 35.1 Å². The normalized spacial score (nSPS) is 13.0. The molecule has 0 aliphatic heterocycles. The third-order valence-corrected chi connectivity index (χ3v) is 6.19. The summed E-state index contributed by atoms with van der Waals surface area (Å²) >= 11 is 1.08. The lowest BCUT2D eigenvalue weighted by Gasteiger charge is -2.21. The number of halogens is 1. The number of thiophene rings is 1. The summed E-state index contributed by atoms with van der Waals surface area (Å²) in [6, 6.07) is 8.08. The predicted octanol–water partition coefficient (Wildman–Crippen LogP) is 2.51. The van der Waals surface area contributed by atoms with Crippen molar-refractivity contribution < 1.29 is 17.6 Å². The maximum absolute atomic E-state index is 13.2. The largest absolute Gasteiger partial charge is 0.351 e. The molecule has 1 aromatic carbocycles. The number of rotatable bonds is 7. The molecule has 0 saturated carbocycles. The van der Waals surface area contributed by atoms with Gasteiger partial charge in [-0.15, -0.1) is 11.3 Å². The van der Waals surface area contributed by atoms with Crippen LogP contribution in [0.25, 0.3) is 0 Å². The van der Waals surface area contributed by atoms with Crippen molar-refractivity contribution in [1.29, 1.82) is 0 Å². The minimum absolute atomic E-state index is 0.126. The highest BCUT2D eigenvalue weighted by atomic mass is 32.2. The maximum atomic E-state index is 13.2. The Hall–Kier alpha value is -1.77. The molecule has 1 amide bonds. The highest BCUT2D eigenvalue weighted by Crippen LogP contribution is 2.17. The zero-order chi connectivity index (χ0) is 17.7. The Morgan fingerprint density at radius 2 is 2.00 bits per heavy atom. The van der Waals surface area contributed by atoms with Crippen LogP contribution < -0.4 is 10.0 Å². The van der Waals surface area contributed by atoms with Gasteiger partial charge in [0.1, 0.15) is 16.1 Å². The molecule has 0 aliphatic rings. The van der Waals surface area contributed by atoms with Crippen LogP contribution in [0.2, 0.25) is 0 Å². The minimum Gasteiger partial charge on any atom is -0.351 e. The summed E-state index contributed by atoms with van der Waals surface area (Å²) in [7, 11) is -3.75. The summed E-state index contributed by atoms with van der Waals surface area (Å²) < 4.78 is 40.4. The Morgan fingerprint density at radius 1 is 1.25 bits per heavy atom. The van der Waals surface area contributed by atoms with E-state index in [2.05, 4.69) is 10.0 Å². The molecule has 1 atom stereocenters. The van der Waals surface area contributed by atoms with Crippen LogP contribution in [-0.4, -0.2) is 20.4 Å². The number of amides is 1. The molecule has 2 N–H and O–H groups in total. The molecule has 130 valence electrons. The fraction of sp³-hybridized carbons (Fsp3) is 0.312. The molecule has 2 aromatic rings. The van der Waals surface area contributed by atoms with Gasteiger partial charge in [-0.25, -0.2) is 12.8 Å². The molecule has 2 rings (SSSR count). The molecule has 24 heavy (non-hydrogen) atoms. The summed E-state index contributed by atoms with van der Waals surface area (Å²) in [6.45, 7) is 3.63. The Balaban J connectivity index is 2.06. The molecule has 0 bridgehead atoms. The fourth-order valence-corrected chi connectivity index (χ4v) is 4.43. The molecule has 0 saturated heterocycles. The SMILES string of the molecule is CC(C)[C@H](NS(=O)(=O)c1cccs1)C(=O)NCc1cccc(F)c1. The molecule has 1 heterocycles. The Bertz CT molecular complexity index is 789. The van der Waals surface area contributed by atoms with E-state index in [1.54, 1.807) is 37.4 Å². The van der Waals surface area contributed by atoms with Gasteiger partial charge in [0, 0.05) is 6.54 Å². The molecular formula is C16H19FN2O3S2. The van der Waals surface area contributed by atoms with Gasteiger partial charge < -0.3 is 5.32 Å². The highest BCUT2D eigenvalue weighted by molar-refractivity contribution is 7.91. The molecule has 0 unspecified atom stereocenters. The molecular weight excluding hydrogens is 351 g/mol. The first-order chi connectivity index (χ1) is 11.3. The topological polar surface area (TPSA) is 75.3 Å². The van der Waals surface area contributed by atoms with Gasteiger partial charge in [0.05, 0.1) is 0 Å². The van der Waals surface area contributed by atoms with Gasteiger partial charge in [0.2, 0.25) is 5.91 Å². The second-order valence-electron chi connectivity index (χ2n) is 5.62. The first kappa shape index (κ1) is 18.6. The van der Waals surface area contributed by atoms with Gasteiger partial charge in [-0.2, -0.15) is 4.72 Å². The monoisotopic (exact) mass is 370 g/mol.